The van der Waals surface area contributed by atoms with Gasteiger partial charge in [0.05, 0.1) is 16.3 Å². The van der Waals surface area contributed by atoms with Crippen LogP contribution in [0.25, 0.3) is 0 Å². The van der Waals surface area contributed by atoms with E-state index in [0.717, 1.165) is 26.2 Å². The van der Waals surface area contributed by atoms with Crippen molar-refractivity contribution in [3.8, 4) is 0 Å². The maximum absolute atomic E-state index is 12.1. The van der Waals surface area contributed by atoms with Gasteiger partial charge in [0.1, 0.15) is 0 Å². The summed E-state index contributed by atoms with van der Waals surface area (Å²) in [6.07, 6.45) is 0. The number of anilines is 1. The van der Waals surface area contributed by atoms with Crippen molar-refractivity contribution in [3.05, 3.63) is 28.8 Å². The summed E-state index contributed by atoms with van der Waals surface area (Å²) in [5.41, 5.74) is 9.39. The highest BCUT2D eigenvalue weighted by Gasteiger charge is 2.18. The summed E-state index contributed by atoms with van der Waals surface area (Å²) >= 11 is 5.89. The smallest absolute Gasteiger partial charge is 0.267 e. The number of hydrogen-bond acceptors (Lipinski definition) is 4. The van der Waals surface area contributed by atoms with Crippen LogP contribution in [0, 0.1) is 0 Å². The summed E-state index contributed by atoms with van der Waals surface area (Å²) in [5, 5.41) is 2.31. The Bertz CT molecular complexity index is 444. The fraction of sp³-hybridized carbons (Fsp3) is 0.417. The summed E-state index contributed by atoms with van der Waals surface area (Å²) in [7, 11) is 2.06. The Morgan fingerprint density at radius 2 is 2.00 bits per heavy atom. The molecule has 0 aliphatic carbocycles. The maximum Gasteiger partial charge on any atom is 0.267 e. The van der Waals surface area contributed by atoms with Crippen molar-refractivity contribution < 1.29 is 4.79 Å². The number of nitrogens with zero attached hydrogens (tertiary/aromatic N) is 2. The van der Waals surface area contributed by atoms with E-state index in [4.69, 9.17) is 17.3 Å². The molecule has 6 heteroatoms. The molecule has 1 saturated heterocycles. The third-order valence-corrected chi connectivity index (χ3v) is 3.39. The highest BCUT2D eigenvalue weighted by Crippen LogP contribution is 2.22. The number of halogens is 1. The quantitative estimate of drug-likeness (QED) is 0.780. The minimum atomic E-state index is -0.209. The highest BCUT2D eigenvalue weighted by molar-refractivity contribution is 6.33. The van der Waals surface area contributed by atoms with E-state index < -0.39 is 0 Å². The van der Waals surface area contributed by atoms with Gasteiger partial charge in [-0.2, -0.15) is 0 Å². The summed E-state index contributed by atoms with van der Waals surface area (Å²) < 4.78 is 0. The number of benzene rings is 1. The first kappa shape index (κ1) is 13.1. The van der Waals surface area contributed by atoms with Crippen LogP contribution in [-0.4, -0.2) is 49.0 Å². The maximum atomic E-state index is 12.1. The van der Waals surface area contributed by atoms with Crippen LogP contribution in [-0.2, 0) is 0 Å². The van der Waals surface area contributed by atoms with Gasteiger partial charge in [-0.1, -0.05) is 17.7 Å². The van der Waals surface area contributed by atoms with E-state index in [2.05, 4.69) is 17.4 Å². The van der Waals surface area contributed by atoms with E-state index in [-0.39, 0.29) is 5.91 Å². The van der Waals surface area contributed by atoms with E-state index in [1.54, 1.807) is 18.2 Å². The number of piperazine rings is 1. The van der Waals surface area contributed by atoms with Crippen molar-refractivity contribution in [2.45, 2.75) is 0 Å². The topological polar surface area (TPSA) is 61.6 Å². The predicted octanol–water partition coefficient (Wildman–Crippen LogP) is 0.814. The number of rotatable bonds is 2. The Balaban J connectivity index is 2.01. The lowest BCUT2D eigenvalue weighted by Crippen LogP contribution is -2.52. The first-order valence-electron chi connectivity index (χ1n) is 5.86. The lowest BCUT2D eigenvalue weighted by atomic mass is 10.2. The predicted molar refractivity (Wildman–Crippen MR) is 72.4 cm³/mol. The zero-order valence-electron chi connectivity index (χ0n) is 10.3. The van der Waals surface area contributed by atoms with Gasteiger partial charge in [0, 0.05) is 26.2 Å². The van der Waals surface area contributed by atoms with Crippen LogP contribution in [0.15, 0.2) is 18.2 Å². The third kappa shape index (κ3) is 2.93. The number of carbonyl (C=O) groups is 1. The minimum Gasteiger partial charge on any atom is -0.397 e. The van der Waals surface area contributed by atoms with Gasteiger partial charge in [-0.15, -0.1) is 0 Å². The van der Waals surface area contributed by atoms with Crippen LogP contribution in [0.3, 0.4) is 0 Å². The molecule has 1 amide bonds. The zero-order valence-corrected chi connectivity index (χ0v) is 11.1. The molecule has 0 bridgehead atoms. The average Bonchev–Trinajstić information content (AvgIpc) is 2.35. The lowest BCUT2D eigenvalue weighted by Gasteiger charge is -2.32. The second kappa shape index (κ2) is 5.56. The number of hydrogen-bond donors (Lipinski definition) is 2. The van der Waals surface area contributed by atoms with Gasteiger partial charge in [-0.3, -0.25) is 10.2 Å². The fourth-order valence-electron chi connectivity index (χ4n) is 1.86. The Hall–Kier alpha value is -1.30. The summed E-state index contributed by atoms with van der Waals surface area (Å²) in [4.78, 5) is 14.3. The van der Waals surface area contributed by atoms with Crippen LogP contribution in [0.4, 0.5) is 5.69 Å². The highest BCUT2D eigenvalue weighted by atomic mass is 35.5. The van der Waals surface area contributed by atoms with Gasteiger partial charge >= 0.3 is 0 Å². The molecule has 1 aliphatic rings. The standard InChI is InChI=1S/C12H17ClN4O/c1-16-5-7-17(8-6-16)15-12(18)9-3-2-4-10(13)11(9)14/h2-4H,5-8,14H2,1H3,(H,15,18). The molecule has 0 radical (unpaired) electrons. The average molecular weight is 269 g/mol. The van der Waals surface area contributed by atoms with Crippen LogP contribution in [0.5, 0.6) is 0 Å². The van der Waals surface area contributed by atoms with E-state index in [1.165, 1.54) is 0 Å². The molecule has 1 aromatic carbocycles. The zero-order chi connectivity index (χ0) is 13.1. The van der Waals surface area contributed by atoms with Gasteiger partial charge in [-0.25, -0.2) is 5.01 Å². The van der Waals surface area contributed by atoms with Crippen molar-refractivity contribution in [1.82, 2.24) is 15.3 Å². The Morgan fingerprint density at radius 3 is 2.67 bits per heavy atom. The van der Waals surface area contributed by atoms with Gasteiger partial charge < -0.3 is 10.6 Å². The van der Waals surface area contributed by atoms with Gasteiger partial charge in [0.15, 0.2) is 0 Å². The van der Waals surface area contributed by atoms with Gasteiger partial charge in [0.2, 0.25) is 0 Å². The number of hydrazine groups is 1. The van der Waals surface area contributed by atoms with Crippen molar-refractivity contribution in [3.63, 3.8) is 0 Å². The monoisotopic (exact) mass is 268 g/mol. The third-order valence-electron chi connectivity index (χ3n) is 3.06. The largest absolute Gasteiger partial charge is 0.397 e. The molecule has 0 saturated carbocycles. The molecular weight excluding hydrogens is 252 g/mol. The SMILES string of the molecule is CN1CCN(NC(=O)c2cccc(Cl)c2N)CC1. The van der Waals surface area contributed by atoms with Crippen molar-refractivity contribution in [1.29, 1.82) is 0 Å². The van der Waals surface area contributed by atoms with Crippen LogP contribution in [0.1, 0.15) is 10.4 Å². The van der Waals surface area contributed by atoms with E-state index in [0.29, 0.717) is 16.3 Å². The van der Waals surface area contributed by atoms with E-state index >= 15 is 0 Å². The van der Waals surface area contributed by atoms with Gasteiger partial charge in [0.25, 0.3) is 5.91 Å². The minimum absolute atomic E-state index is 0.209. The summed E-state index contributed by atoms with van der Waals surface area (Å²) in [6.45, 7) is 3.49. The molecule has 1 heterocycles. The number of nitrogen functional groups attached to an aromatic ring is 1. The molecule has 0 spiro atoms. The number of carbonyl (C=O) groups excluding carboxylic acids is 1. The van der Waals surface area contributed by atoms with E-state index in [1.807, 2.05) is 5.01 Å². The number of amides is 1. The first-order valence-corrected chi connectivity index (χ1v) is 6.24. The summed E-state index contributed by atoms with van der Waals surface area (Å²) in [6, 6.07) is 5.06. The Labute approximate surface area is 111 Å². The number of nitrogens with two attached hydrogens (primary N) is 1. The summed E-state index contributed by atoms with van der Waals surface area (Å²) in [5.74, 6) is -0.209. The Morgan fingerprint density at radius 1 is 1.33 bits per heavy atom. The Kier molecular flexibility index (Phi) is 4.06. The van der Waals surface area contributed by atoms with Crippen LogP contribution >= 0.6 is 11.6 Å². The van der Waals surface area contributed by atoms with Crippen molar-refractivity contribution in [2.75, 3.05) is 39.0 Å². The normalized spacial score (nSPS) is 17.7. The number of nitrogens with one attached hydrogen (secondary N) is 1. The van der Waals surface area contributed by atoms with Crippen molar-refractivity contribution >= 4 is 23.2 Å². The molecule has 0 unspecified atom stereocenters. The number of para-hydroxylation sites is 1. The first-order chi connectivity index (χ1) is 8.58. The molecule has 5 nitrogen and oxygen atoms in total. The molecule has 0 aromatic heterocycles. The molecule has 2 rings (SSSR count). The second-order valence-electron chi connectivity index (χ2n) is 4.43. The van der Waals surface area contributed by atoms with Crippen molar-refractivity contribution in [2.24, 2.45) is 0 Å². The molecule has 0 atom stereocenters. The van der Waals surface area contributed by atoms with Crippen LogP contribution in [0.2, 0.25) is 5.02 Å². The lowest BCUT2D eigenvalue weighted by molar-refractivity contribution is 0.0663. The molecule has 1 aromatic rings. The second-order valence-corrected chi connectivity index (χ2v) is 4.84. The molecule has 18 heavy (non-hydrogen) atoms. The number of likely N-dealkylation sites (N-methyl/N-ethyl adjacent to an activating group) is 1. The molecule has 1 aliphatic heterocycles. The van der Waals surface area contributed by atoms with Gasteiger partial charge in [-0.05, 0) is 19.2 Å². The molecular formula is C12H17ClN4O. The molecule has 3 N–H and O–H groups in total. The fourth-order valence-corrected chi connectivity index (χ4v) is 2.03. The molecule has 98 valence electrons. The van der Waals surface area contributed by atoms with Crippen LogP contribution < -0.4 is 11.2 Å². The molecule has 1 fully saturated rings. The van der Waals surface area contributed by atoms with E-state index in [9.17, 15) is 4.79 Å².